The van der Waals surface area contributed by atoms with Crippen LogP contribution in [0.5, 0.6) is 0 Å². The summed E-state index contributed by atoms with van der Waals surface area (Å²) in [6, 6.07) is -0.426. The molecule has 0 aliphatic heterocycles. The van der Waals surface area contributed by atoms with Gasteiger partial charge in [0.05, 0.1) is 0 Å². The van der Waals surface area contributed by atoms with Crippen LogP contribution in [-0.2, 0) is 15.6 Å². The minimum atomic E-state index is -1.46. The first-order chi connectivity index (χ1) is 7.93. The maximum Gasteiger partial charge on any atom is 0.332 e. The molecule has 2 atom stereocenters. The zero-order valence-corrected chi connectivity index (χ0v) is 10.5. The Hall–Kier alpha value is -1.15. The lowest BCUT2D eigenvalue weighted by molar-refractivity contribution is -0.146. The van der Waals surface area contributed by atoms with Crippen LogP contribution < -0.4 is 10.6 Å². The lowest BCUT2D eigenvalue weighted by Crippen LogP contribution is -2.38. The van der Waals surface area contributed by atoms with Gasteiger partial charge in [-0.1, -0.05) is 0 Å². The van der Waals surface area contributed by atoms with Crippen molar-refractivity contribution in [1.82, 2.24) is 10.6 Å². The van der Waals surface area contributed by atoms with Gasteiger partial charge in [-0.05, 0) is 6.42 Å². The summed E-state index contributed by atoms with van der Waals surface area (Å²) in [4.78, 5) is 21.4. The molecule has 0 heterocycles. The first kappa shape index (κ1) is 15.9. The van der Waals surface area contributed by atoms with E-state index in [1.54, 1.807) is 6.26 Å². The zero-order chi connectivity index (χ0) is 13.3. The smallest absolute Gasteiger partial charge is 0.332 e. The average Bonchev–Trinajstić information content (AvgIpc) is 2.23. The van der Waals surface area contributed by atoms with Gasteiger partial charge in [-0.25, -0.2) is 9.59 Å². The molecular weight excluding hydrogens is 248 g/mol. The fourth-order valence-corrected chi connectivity index (χ4v) is 1.54. The van der Waals surface area contributed by atoms with Crippen LogP contribution in [0.15, 0.2) is 0 Å². The standard InChI is InChI=1S/C9H18N2O5S/c1-17(16)6-2-4-10-9(15)11-5-3-7(12)8(13)14/h7,12H,2-6H2,1H3,(H,13,14)(H2,10,11,15). The SMILES string of the molecule is CS(=O)CCCNC(=O)NCCC(O)C(=O)O. The molecule has 0 radical (unpaired) electrons. The first-order valence-electron chi connectivity index (χ1n) is 5.16. The van der Waals surface area contributed by atoms with Crippen molar-refractivity contribution in [2.24, 2.45) is 0 Å². The van der Waals surface area contributed by atoms with E-state index in [-0.39, 0.29) is 13.0 Å². The Labute approximate surface area is 102 Å². The van der Waals surface area contributed by atoms with Crippen molar-refractivity contribution in [2.75, 3.05) is 25.1 Å². The quantitative estimate of drug-likeness (QED) is 0.416. The van der Waals surface area contributed by atoms with Crippen molar-refractivity contribution in [3.05, 3.63) is 0 Å². The van der Waals surface area contributed by atoms with Crippen LogP contribution in [-0.4, -0.2) is 57.6 Å². The van der Waals surface area contributed by atoms with Gasteiger partial charge >= 0.3 is 12.0 Å². The Morgan fingerprint density at radius 2 is 1.88 bits per heavy atom. The van der Waals surface area contributed by atoms with Gasteiger partial charge in [0, 0.05) is 42.3 Å². The predicted molar refractivity (Wildman–Crippen MR) is 63.2 cm³/mol. The summed E-state index contributed by atoms with van der Waals surface area (Å²) >= 11 is 0. The molecule has 4 N–H and O–H groups in total. The van der Waals surface area contributed by atoms with Crippen molar-refractivity contribution in [3.8, 4) is 0 Å². The molecule has 100 valence electrons. The van der Waals surface area contributed by atoms with Gasteiger partial charge in [0.15, 0.2) is 6.10 Å². The maximum atomic E-state index is 11.1. The molecule has 0 aromatic heterocycles. The number of carbonyl (C=O) groups excluding carboxylic acids is 1. The third-order valence-electron chi connectivity index (χ3n) is 1.88. The summed E-state index contributed by atoms with van der Waals surface area (Å²) in [5.41, 5.74) is 0. The molecule has 0 aliphatic carbocycles. The molecule has 0 aromatic rings. The lowest BCUT2D eigenvalue weighted by atomic mass is 10.2. The van der Waals surface area contributed by atoms with E-state index in [1.165, 1.54) is 0 Å². The molecule has 0 aromatic carbocycles. The number of rotatable bonds is 8. The van der Waals surface area contributed by atoms with E-state index in [2.05, 4.69) is 10.6 Å². The lowest BCUT2D eigenvalue weighted by Gasteiger charge is -2.08. The summed E-state index contributed by atoms with van der Waals surface area (Å²) in [6.45, 7) is 0.492. The number of carboxylic acids is 1. The highest BCUT2D eigenvalue weighted by molar-refractivity contribution is 7.84. The van der Waals surface area contributed by atoms with E-state index in [0.717, 1.165) is 0 Å². The Morgan fingerprint density at radius 3 is 2.41 bits per heavy atom. The van der Waals surface area contributed by atoms with Gasteiger partial charge in [-0.2, -0.15) is 0 Å². The van der Waals surface area contributed by atoms with E-state index in [1.807, 2.05) is 0 Å². The van der Waals surface area contributed by atoms with E-state index >= 15 is 0 Å². The predicted octanol–water partition coefficient (Wildman–Crippen LogP) is -1.11. The Bertz CT molecular complexity index is 285. The number of hydrogen-bond acceptors (Lipinski definition) is 4. The van der Waals surface area contributed by atoms with Crippen LogP contribution in [0.3, 0.4) is 0 Å². The normalized spacial score (nSPS) is 13.8. The highest BCUT2D eigenvalue weighted by atomic mass is 32.2. The molecule has 2 amide bonds. The Morgan fingerprint density at radius 1 is 1.29 bits per heavy atom. The van der Waals surface area contributed by atoms with Gasteiger partial charge in [-0.15, -0.1) is 0 Å². The maximum absolute atomic E-state index is 11.1. The summed E-state index contributed by atoms with van der Waals surface area (Å²) in [6.07, 6.45) is 0.710. The summed E-state index contributed by atoms with van der Waals surface area (Å²) in [5, 5.41) is 22.2. The molecular formula is C9H18N2O5S. The minimum Gasteiger partial charge on any atom is -0.479 e. The van der Waals surface area contributed by atoms with Gasteiger partial charge in [0.2, 0.25) is 0 Å². The number of aliphatic carboxylic acids is 1. The van der Waals surface area contributed by atoms with E-state index in [0.29, 0.717) is 18.7 Å². The van der Waals surface area contributed by atoms with Crippen molar-refractivity contribution in [2.45, 2.75) is 18.9 Å². The molecule has 8 heteroatoms. The van der Waals surface area contributed by atoms with Crippen LogP contribution in [0.25, 0.3) is 0 Å². The van der Waals surface area contributed by atoms with Gasteiger partial charge in [0.25, 0.3) is 0 Å². The molecule has 0 spiro atoms. The summed E-state index contributed by atoms with van der Waals surface area (Å²) in [7, 11) is -0.867. The molecule has 7 nitrogen and oxygen atoms in total. The molecule has 0 fully saturated rings. The van der Waals surface area contributed by atoms with E-state index in [9.17, 15) is 13.8 Å². The van der Waals surface area contributed by atoms with Crippen LogP contribution in [0.2, 0.25) is 0 Å². The molecule has 17 heavy (non-hydrogen) atoms. The highest BCUT2D eigenvalue weighted by Gasteiger charge is 2.12. The fourth-order valence-electron chi connectivity index (χ4n) is 0.986. The molecule has 0 aliphatic rings. The van der Waals surface area contributed by atoms with Gasteiger partial charge in [-0.3, -0.25) is 4.21 Å². The van der Waals surface area contributed by atoms with Crippen LogP contribution in [0.1, 0.15) is 12.8 Å². The molecule has 0 bridgehead atoms. The number of hydrogen-bond donors (Lipinski definition) is 4. The third-order valence-corrected chi connectivity index (χ3v) is 2.75. The number of carboxylic acid groups (broad SMARTS) is 1. The van der Waals surface area contributed by atoms with E-state index in [4.69, 9.17) is 10.2 Å². The monoisotopic (exact) mass is 266 g/mol. The second-order valence-electron chi connectivity index (χ2n) is 3.46. The molecule has 0 saturated carbocycles. The number of carbonyl (C=O) groups is 2. The third kappa shape index (κ3) is 9.76. The van der Waals surface area contributed by atoms with Crippen LogP contribution >= 0.6 is 0 Å². The van der Waals surface area contributed by atoms with Crippen molar-refractivity contribution >= 4 is 22.8 Å². The summed E-state index contributed by atoms with van der Waals surface area (Å²) < 4.78 is 10.7. The second-order valence-corrected chi connectivity index (χ2v) is 5.01. The summed E-state index contributed by atoms with van der Waals surface area (Å²) in [5.74, 6) is -0.782. The van der Waals surface area contributed by atoms with Crippen molar-refractivity contribution in [3.63, 3.8) is 0 Å². The number of amides is 2. The zero-order valence-electron chi connectivity index (χ0n) is 9.64. The van der Waals surface area contributed by atoms with Crippen LogP contribution in [0.4, 0.5) is 4.79 Å². The number of urea groups is 1. The molecule has 0 saturated heterocycles. The number of aliphatic hydroxyl groups excluding tert-OH is 1. The van der Waals surface area contributed by atoms with Gasteiger partial charge < -0.3 is 20.8 Å². The molecule has 0 rings (SSSR count). The van der Waals surface area contributed by atoms with Crippen molar-refractivity contribution in [1.29, 1.82) is 0 Å². The van der Waals surface area contributed by atoms with Crippen molar-refractivity contribution < 1.29 is 24.0 Å². The number of aliphatic hydroxyl groups is 1. The minimum absolute atomic E-state index is 0.0400. The second kappa shape index (κ2) is 8.94. The highest BCUT2D eigenvalue weighted by Crippen LogP contribution is 1.89. The van der Waals surface area contributed by atoms with Gasteiger partial charge in [0.1, 0.15) is 0 Å². The largest absolute Gasteiger partial charge is 0.479 e. The average molecular weight is 266 g/mol. The Balaban J connectivity index is 3.47. The fraction of sp³-hybridized carbons (Fsp3) is 0.778. The molecule has 2 unspecified atom stereocenters. The van der Waals surface area contributed by atoms with E-state index < -0.39 is 28.9 Å². The van der Waals surface area contributed by atoms with Crippen LogP contribution in [0, 0.1) is 0 Å². The topological polar surface area (TPSA) is 116 Å². The first-order valence-corrected chi connectivity index (χ1v) is 6.88. The Kier molecular flexibility index (Phi) is 8.34. The number of nitrogens with one attached hydrogen (secondary N) is 2.